The van der Waals surface area contributed by atoms with Crippen molar-refractivity contribution in [2.45, 2.75) is 6.42 Å². The zero-order valence-corrected chi connectivity index (χ0v) is 13.9. The van der Waals surface area contributed by atoms with Crippen LogP contribution in [0.3, 0.4) is 0 Å². The molecule has 0 saturated carbocycles. The summed E-state index contributed by atoms with van der Waals surface area (Å²) in [6.07, 6.45) is 10.0. The summed E-state index contributed by atoms with van der Waals surface area (Å²) in [6.45, 7) is 0. The molecule has 0 aromatic carbocycles. The molecule has 0 bridgehead atoms. The van der Waals surface area contributed by atoms with Crippen molar-refractivity contribution < 1.29 is 26.2 Å². The van der Waals surface area contributed by atoms with E-state index in [4.69, 9.17) is 0 Å². The maximum Gasteiger partial charge on any atom is 2.00 e. The number of hydrogen-bond donors (Lipinski definition) is 0. The average Bonchev–Trinajstić information content (AvgIpc) is 2.90. The van der Waals surface area contributed by atoms with E-state index in [0.717, 1.165) is 6.42 Å². The predicted molar refractivity (Wildman–Crippen MR) is 78.0 cm³/mol. The van der Waals surface area contributed by atoms with Crippen LogP contribution in [-0.2, 0) is 26.2 Å². The SMILES string of the molecule is Cl.Cl.[C-]1=CC=CC1.[Zr+2].[c-]1ccc2cccccc1-2. The van der Waals surface area contributed by atoms with Crippen molar-refractivity contribution in [3.63, 3.8) is 0 Å². The van der Waals surface area contributed by atoms with Gasteiger partial charge in [0.25, 0.3) is 0 Å². The van der Waals surface area contributed by atoms with Crippen LogP contribution in [0.15, 0.2) is 60.7 Å². The van der Waals surface area contributed by atoms with E-state index in [9.17, 15) is 0 Å². The monoisotopic (exact) mass is 354 g/mol. The fourth-order valence-electron chi connectivity index (χ4n) is 1.40. The van der Waals surface area contributed by atoms with Gasteiger partial charge in [-0.2, -0.15) is 23.8 Å². The van der Waals surface area contributed by atoms with Crippen molar-refractivity contribution in [2.75, 3.05) is 0 Å². The summed E-state index contributed by atoms with van der Waals surface area (Å²) in [5, 5.41) is 0. The zero-order chi connectivity index (χ0) is 10.3. The van der Waals surface area contributed by atoms with Crippen LogP contribution in [0.4, 0.5) is 0 Å². The second-order valence-corrected chi connectivity index (χ2v) is 3.26. The molecule has 0 saturated heterocycles. The van der Waals surface area contributed by atoms with Gasteiger partial charge in [-0.25, -0.2) is 12.2 Å². The Morgan fingerprint density at radius 3 is 2.33 bits per heavy atom. The Hall–Kier alpha value is -0.357. The molecule has 3 heteroatoms. The first-order chi connectivity index (χ1) is 7.47. The molecule has 0 N–H and O–H groups in total. The van der Waals surface area contributed by atoms with Gasteiger partial charge < -0.3 is 0 Å². The van der Waals surface area contributed by atoms with E-state index >= 15 is 0 Å². The van der Waals surface area contributed by atoms with Crippen molar-refractivity contribution in [3.8, 4) is 11.1 Å². The van der Waals surface area contributed by atoms with Gasteiger partial charge in [-0.3, -0.25) is 6.08 Å². The molecule has 3 rings (SSSR count). The molecule has 0 aromatic heterocycles. The molecular formula is C15H14Cl2Zr. The van der Waals surface area contributed by atoms with Crippen molar-refractivity contribution >= 4 is 24.8 Å². The van der Waals surface area contributed by atoms with Crippen LogP contribution in [0, 0.1) is 12.1 Å². The van der Waals surface area contributed by atoms with Crippen molar-refractivity contribution in [2.24, 2.45) is 0 Å². The van der Waals surface area contributed by atoms with Crippen LogP contribution in [0.1, 0.15) is 6.42 Å². The maximum absolute atomic E-state index is 3.14. The molecular weight excluding hydrogens is 342 g/mol. The Kier molecular flexibility index (Phi) is 13.0. The normalized spacial score (nSPS) is 10.4. The number of allylic oxidation sites excluding steroid dienone is 4. The Balaban J connectivity index is 0. The standard InChI is InChI=1S/C10H7.C5H5.2ClH.Zr/c1-2-5-9-7-4-8-10(9)6-3-1;1-2-4-5-3-1;;;/h1-7H;1-3H,4H2;2*1H;/q2*-1;;;+2. The third-order valence-electron chi connectivity index (χ3n) is 2.16. The minimum absolute atomic E-state index is 0. The third kappa shape index (κ3) is 6.54. The smallest absolute Gasteiger partial charge is 0.273 e. The second kappa shape index (κ2) is 11.7. The first kappa shape index (κ1) is 20.0. The minimum atomic E-state index is 0. The summed E-state index contributed by atoms with van der Waals surface area (Å²) in [6, 6.07) is 17.4. The molecule has 0 amide bonds. The quantitative estimate of drug-likeness (QED) is 0.598. The molecule has 0 atom stereocenters. The molecule has 3 aliphatic carbocycles. The van der Waals surface area contributed by atoms with Gasteiger partial charge >= 0.3 is 26.2 Å². The molecule has 0 nitrogen and oxygen atoms in total. The molecule has 18 heavy (non-hydrogen) atoms. The van der Waals surface area contributed by atoms with E-state index < -0.39 is 0 Å². The molecule has 0 aliphatic heterocycles. The summed E-state index contributed by atoms with van der Waals surface area (Å²) in [5.74, 6) is 0. The molecule has 92 valence electrons. The molecule has 0 unspecified atom stereocenters. The Morgan fingerprint density at radius 1 is 0.944 bits per heavy atom. The summed E-state index contributed by atoms with van der Waals surface area (Å²) in [4.78, 5) is 0. The van der Waals surface area contributed by atoms with Crippen LogP contribution in [0.25, 0.3) is 11.1 Å². The Morgan fingerprint density at radius 2 is 1.72 bits per heavy atom. The maximum atomic E-state index is 3.14. The van der Waals surface area contributed by atoms with Crippen LogP contribution < -0.4 is 0 Å². The predicted octanol–water partition coefficient (Wildman–Crippen LogP) is 4.74. The Labute approximate surface area is 140 Å². The molecule has 0 radical (unpaired) electrons. The fraction of sp³-hybridized carbons (Fsp3) is 0.0667. The molecule has 0 aromatic rings. The largest absolute Gasteiger partial charge is 2.00 e. The van der Waals surface area contributed by atoms with Gasteiger partial charge in [0.2, 0.25) is 0 Å². The zero-order valence-electron chi connectivity index (χ0n) is 9.80. The average molecular weight is 356 g/mol. The van der Waals surface area contributed by atoms with E-state index in [1.165, 1.54) is 11.1 Å². The second-order valence-electron chi connectivity index (χ2n) is 3.26. The summed E-state index contributed by atoms with van der Waals surface area (Å²) >= 11 is 0. The topological polar surface area (TPSA) is 0 Å². The third-order valence-corrected chi connectivity index (χ3v) is 2.16. The summed E-state index contributed by atoms with van der Waals surface area (Å²) < 4.78 is 0. The number of halogens is 2. The Bertz CT molecular complexity index is 414. The van der Waals surface area contributed by atoms with E-state index in [0.29, 0.717) is 0 Å². The molecule has 0 spiro atoms. The summed E-state index contributed by atoms with van der Waals surface area (Å²) in [5.41, 5.74) is 2.44. The molecule has 3 aliphatic rings. The minimum Gasteiger partial charge on any atom is -0.273 e. The van der Waals surface area contributed by atoms with Gasteiger partial charge in [-0.15, -0.1) is 61.1 Å². The van der Waals surface area contributed by atoms with Crippen molar-refractivity contribution in [1.82, 2.24) is 0 Å². The van der Waals surface area contributed by atoms with Crippen molar-refractivity contribution in [1.29, 1.82) is 0 Å². The van der Waals surface area contributed by atoms with Gasteiger partial charge in [0.1, 0.15) is 0 Å². The van der Waals surface area contributed by atoms with E-state index in [1.807, 2.05) is 36.4 Å². The van der Waals surface area contributed by atoms with E-state index in [1.54, 1.807) is 0 Å². The number of fused-ring (bicyclic) bond motifs is 1. The van der Waals surface area contributed by atoms with Gasteiger partial charge in [-0.1, -0.05) is 12.1 Å². The van der Waals surface area contributed by atoms with Crippen LogP contribution in [0.5, 0.6) is 0 Å². The molecule has 0 fully saturated rings. The first-order valence-corrected chi connectivity index (χ1v) is 5.04. The van der Waals surface area contributed by atoms with Crippen LogP contribution in [0.2, 0.25) is 0 Å². The molecule has 0 heterocycles. The fourth-order valence-corrected chi connectivity index (χ4v) is 1.40. The van der Waals surface area contributed by atoms with Crippen LogP contribution >= 0.6 is 24.8 Å². The first-order valence-electron chi connectivity index (χ1n) is 5.04. The summed E-state index contributed by atoms with van der Waals surface area (Å²) in [7, 11) is 0. The number of rotatable bonds is 0. The van der Waals surface area contributed by atoms with E-state index in [-0.39, 0.29) is 51.0 Å². The van der Waals surface area contributed by atoms with Gasteiger partial charge in [0.15, 0.2) is 0 Å². The van der Waals surface area contributed by atoms with Gasteiger partial charge in [0.05, 0.1) is 0 Å². The van der Waals surface area contributed by atoms with Gasteiger partial charge in [-0.05, 0) is 0 Å². The van der Waals surface area contributed by atoms with Crippen LogP contribution in [-0.4, -0.2) is 0 Å². The van der Waals surface area contributed by atoms with Gasteiger partial charge in [0, 0.05) is 0 Å². The van der Waals surface area contributed by atoms with Crippen molar-refractivity contribution in [3.05, 3.63) is 72.8 Å². The van der Waals surface area contributed by atoms with E-state index in [2.05, 4.69) is 36.4 Å². The number of hydrogen-bond acceptors (Lipinski definition) is 0.